The summed E-state index contributed by atoms with van der Waals surface area (Å²) >= 11 is 7.41. The third-order valence-electron chi connectivity index (χ3n) is 3.10. The fourth-order valence-electron chi connectivity index (χ4n) is 1.90. The van der Waals surface area contributed by atoms with Gasteiger partial charge in [0.25, 0.3) is 0 Å². The number of thiazole rings is 1. The van der Waals surface area contributed by atoms with Gasteiger partial charge in [0.1, 0.15) is 0 Å². The van der Waals surface area contributed by atoms with E-state index in [4.69, 9.17) is 17.3 Å². The van der Waals surface area contributed by atoms with Crippen LogP contribution in [0.4, 0.5) is 5.69 Å². The molecule has 0 saturated heterocycles. The largest absolute Gasteiger partial charge is 0.398 e. The Hall–Kier alpha value is -1.15. The van der Waals surface area contributed by atoms with Crippen molar-refractivity contribution in [3.63, 3.8) is 0 Å². The molecule has 0 aliphatic rings. The number of halogens is 1. The van der Waals surface area contributed by atoms with E-state index in [0.717, 1.165) is 10.7 Å². The number of rotatable bonds is 4. The molecular weight excluding hydrogens is 330 g/mol. The molecule has 1 aromatic heterocycles. The van der Waals surface area contributed by atoms with Gasteiger partial charge in [0.05, 0.1) is 22.1 Å². The van der Waals surface area contributed by atoms with Crippen LogP contribution >= 0.6 is 22.9 Å². The predicted octanol–water partition coefficient (Wildman–Crippen LogP) is 2.82. The molecule has 0 amide bonds. The molecule has 2 N–H and O–H groups in total. The van der Waals surface area contributed by atoms with Gasteiger partial charge >= 0.3 is 0 Å². The molecule has 1 heterocycles. The van der Waals surface area contributed by atoms with Gasteiger partial charge in [0.15, 0.2) is 0 Å². The molecule has 0 unspecified atom stereocenters. The lowest BCUT2D eigenvalue weighted by molar-refractivity contribution is 0.462. The normalized spacial score (nSPS) is 12.0. The second-order valence-electron chi connectivity index (χ2n) is 4.74. The van der Waals surface area contributed by atoms with Gasteiger partial charge in [-0.3, -0.25) is 0 Å². The van der Waals surface area contributed by atoms with Crippen molar-refractivity contribution in [1.29, 1.82) is 0 Å². The molecule has 2 rings (SSSR count). The van der Waals surface area contributed by atoms with Crippen LogP contribution in [0.1, 0.15) is 16.3 Å². The number of benzene rings is 1. The average Bonchev–Trinajstić information content (AvgIpc) is 2.79. The van der Waals surface area contributed by atoms with Gasteiger partial charge < -0.3 is 5.73 Å². The van der Waals surface area contributed by atoms with E-state index in [1.54, 1.807) is 13.0 Å². The van der Waals surface area contributed by atoms with Gasteiger partial charge in [-0.25, -0.2) is 13.4 Å². The Morgan fingerprint density at radius 1 is 1.38 bits per heavy atom. The van der Waals surface area contributed by atoms with E-state index in [-0.39, 0.29) is 11.4 Å². The highest BCUT2D eigenvalue weighted by atomic mass is 35.5. The first-order valence-electron chi connectivity index (χ1n) is 6.15. The minimum atomic E-state index is -3.67. The zero-order chi connectivity index (χ0) is 15.8. The van der Waals surface area contributed by atoms with Crippen LogP contribution in [-0.4, -0.2) is 24.8 Å². The second kappa shape index (κ2) is 5.92. The number of nitrogens with two attached hydrogens (primary N) is 1. The van der Waals surface area contributed by atoms with Gasteiger partial charge in [0, 0.05) is 23.1 Å². The Bertz CT molecular complexity index is 772. The summed E-state index contributed by atoms with van der Waals surface area (Å²) in [7, 11) is -2.16. The van der Waals surface area contributed by atoms with E-state index < -0.39 is 10.0 Å². The first-order chi connectivity index (χ1) is 9.71. The van der Waals surface area contributed by atoms with E-state index in [1.807, 2.05) is 12.3 Å². The van der Waals surface area contributed by atoms with Crippen molar-refractivity contribution >= 4 is 38.6 Å². The van der Waals surface area contributed by atoms with Crippen molar-refractivity contribution in [3.05, 3.63) is 38.8 Å². The van der Waals surface area contributed by atoms with Gasteiger partial charge in [-0.1, -0.05) is 11.6 Å². The lowest BCUT2D eigenvalue weighted by Gasteiger charge is -2.18. The van der Waals surface area contributed by atoms with Crippen LogP contribution in [-0.2, 0) is 16.6 Å². The topological polar surface area (TPSA) is 76.3 Å². The second-order valence-corrected chi connectivity index (χ2v) is 8.25. The minimum Gasteiger partial charge on any atom is -0.398 e. The monoisotopic (exact) mass is 345 g/mol. The number of hydrogen-bond acceptors (Lipinski definition) is 5. The molecule has 0 radical (unpaired) electrons. The number of aromatic nitrogens is 1. The maximum atomic E-state index is 12.7. The molecule has 8 heteroatoms. The van der Waals surface area contributed by atoms with E-state index in [1.165, 1.54) is 28.8 Å². The summed E-state index contributed by atoms with van der Waals surface area (Å²) in [6, 6.07) is 2.96. The van der Waals surface area contributed by atoms with Crippen molar-refractivity contribution in [2.45, 2.75) is 25.3 Å². The Morgan fingerprint density at radius 3 is 2.62 bits per heavy atom. The first kappa shape index (κ1) is 16.2. The Balaban J connectivity index is 2.37. The summed E-state index contributed by atoms with van der Waals surface area (Å²) in [6.45, 7) is 3.75. The van der Waals surface area contributed by atoms with Crippen LogP contribution < -0.4 is 5.73 Å². The van der Waals surface area contributed by atoms with E-state index in [2.05, 4.69) is 4.98 Å². The average molecular weight is 346 g/mol. The van der Waals surface area contributed by atoms with Crippen LogP contribution in [0, 0.1) is 13.8 Å². The fourth-order valence-corrected chi connectivity index (χ4v) is 4.22. The quantitative estimate of drug-likeness (QED) is 0.864. The number of aryl methyl sites for hydroxylation is 1. The van der Waals surface area contributed by atoms with Crippen LogP contribution in [0.2, 0.25) is 5.02 Å². The highest BCUT2D eigenvalue weighted by Gasteiger charge is 2.25. The van der Waals surface area contributed by atoms with Crippen LogP contribution in [0.3, 0.4) is 0 Å². The molecule has 0 atom stereocenters. The van der Waals surface area contributed by atoms with Crippen LogP contribution in [0.5, 0.6) is 0 Å². The van der Waals surface area contributed by atoms with Gasteiger partial charge in [0.2, 0.25) is 10.0 Å². The van der Waals surface area contributed by atoms with Crippen molar-refractivity contribution < 1.29 is 8.42 Å². The van der Waals surface area contributed by atoms with Crippen molar-refractivity contribution in [1.82, 2.24) is 9.29 Å². The number of nitrogens with zero attached hydrogens (tertiary/aromatic N) is 2. The summed E-state index contributed by atoms with van der Waals surface area (Å²) < 4.78 is 26.6. The number of sulfonamides is 1. The fraction of sp³-hybridized carbons (Fsp3) is 0.308. The molecule has 0 aliphatic heterocycles. The third kappa shape index (κ3) is 3.37. The zero-order valence-electron chi connectivity index (χ0n) is 11.9. The molecule has 2 aromatic rings. The first-order valence-corrected chi connectivity index (χ1v) is 8.84. The van der Waals surface area contributed by atoms with Crippen molar-refractivity contribution in [3.8, 4) is 0 Å². The zero-order valence-corrected chi connectivity index (χ0v) is 14.3. The summed E-state index contributed by atoms with van der Waals surface area (Å²) in [5.41, 5.74) is 7.38. The van der Waals surface area contributed by atoms with Gasteiger partial charge in [-0.2, -0.15) is 4.31 Å². The molecule has 0 saturated carbocycles. The maximum Gasteiger partial charge on any atom is 0.243 e. The van der Waals surface area contributed by atoms with E-state index >= 15 is 0 Å². The highest BCUT2D eigenvalue weighted by molar-refractivity contribution is 7.89. The Labute approximate surface area is 133 Å². The summed E-state index contributed by atoms with van der Waals surface area (Å²) in [5, 5.41) is 3.05. The maximum absolute atomic E-state index is 12.7. The molecule has 0 aliphatic carbocycles. The molecule has 0 fully saturated rings. The molecule has 1 aromatic carbocycles. The number of anilines is 1. The van der Waals surface area contributed by atoms with E-state index in [0.29, 0.717) is 16.3 Å². The Kier molecular flexibility index (Phi) is 4.57. The van der Waals surface area contributed by atoms with Crippen LogP contribution in [0.15, 0.2) is 22.4 Å². The Morgan fingerprint density at radius 2 is 2.05 bits per heavy atom. The molecule has 0 bridgehead atoms. The smallest absolute Gasteiger partial charge is 0.243 e. The molecule has 5 nitrogen and oxygen atoms in total. The van der Waals surface area contributed by atoms with Crippen molar-refractivity contribution in [2.24, 2.45) is 0 Å². The highest BCUT2D eigenvalue weighted by Crippen LogP contribution is 2.28. The minimum absolute atomic E-state index is 0.127. The molecular formula is C13H16ClN3O2S2. The van der Waals surface area contributed by atoms with E-state index in [9.17, 15) is 8.42 Å². The van der Waals surface area contributed by atoms with Gasteiger partial charge in [-0.05, 0) is 31.5 Å². The molecule has 0 spiro atoms. The molecule has 21 heavy (non-hydrogen) atoms. The van der Waals surface area contributed by atoms with Crippen LogP contribution in [0.25, 0.3) is 0 Å². The standard InChI is InChI=1S/C13H16ClN3O2S2/c1-8-12(15)4-10(14)5-13(8)21(18,19)17(3)6-11-7-20-9(2)16-11/h4-5,7H,6,15H2,1-3H3. The third-order valence-corrected chi connectivity index (χ3v) is 6.07. The summed E-state index contributed by atoms with van der Waals surface area (Å²) in [6.07, 6.45) is 0. The molecule has 114 valence electrons. The predicted molar refractivity (Wildman–Crippen MR) is 86.1 cm³/mol. The lowest BCUT2D eigenvalue weighted by Crippen LogP contribution is -2.27. The van der Waals surface area contributed by atoms with Gasteiger partial charge in [-0.15, -0.1) is 11.3 Å². The lowest BCUT2D eigenvalue weighted by atomic mass is 10.2. The summed E-state index contributed by atoms with van der Waals surface area (Å²) in [5.74, 6) is 0. The number of hydrogen-bond donors (Lipinski definition) is 1. The number of nitrogen functional groups attached to an aromatic ring is 1. The SMILES string of the molecule is Cc1nc(CN(C)S(=O)(=O)c2cc(Cl)cc(N)c2C)cs1. The van der Waals surface area contributed by atoms with Crippen molar-refractivity contribution in [2.75, 3.05) is 12.8 Å². The summed E-state index contributed by atoms with van der Waals surface area (Å²) in [4.78, 5) is 4.40.